The second-order valence-electron chi connectivity index (χ2n) is 7.25. The van der Waals surface area contributed by atoms with Gasteiger partial charge in [-0.25, -0.2) is 9.97 Å². The predicted octanol–water partition coefficient (Wildman–Crippen LogP) is 3.63. The van der Waals surface area contributed by atoms with Crippen LogP contribution in [0.2, 0.25) is 5.15 Å². The summed E-state index contributed by atoms with van der Waals surface area (Å²) in [6.07, 6.45) is 2.45. The van der Waals surface area contributed by atoms with Crippen LogP contribution in [0.1, 0.15) is 21.6 Å². The molecule has 3 heterocycles. The van der Waals surface area contributed by atoms with E-state index in [4.69, 9.17) is 16.3 Å². The Kier molecular flexibility index (Phi) is 7.92. The Hall–Kier alpha value is -2.68. The largest absolute Gasteiger partial charge is 0.378 e. The topological polar surface area (TPSA) is 80.2 Å². The molecule has 4 rings (SSSR count). The number of amides is 1. The molecule has 32 heavy (non-hydrogen) atoms. The predicted molar refractivity (Wildman–Crippen MR) is 126 cm³/mol. The van der Waals surface area contributed by atoms with Crippen LogP contribution in [0.3, 0.4) is 0 Å². The monoisotopic (exact) mass is 469 g/mol. The van der Waals surface area contributed by atoms with Crippen molar-refractivity contribution in [3.63, 3.8) is 0 Å². The van der Waals surface area contributed by atoms with Gasteiger partial charge in [-0.2, -0.15) is 0 Å². The molecule has 0 unspecified atom stereocenters. The molecule has 1 aliphatic heterocycles. The van der Waals surface area contributed by atoms with Gasteiger partial charge in [0.15, 0.2) is 5.16 Å². The Morgan fingerprint density at radius 3 is 2.81 bits per heavy atom. The fourth-order valence-corrected chi connectivity index (χ4v) is 4.33. The molecule has 9 heteroatoms. The van der Waals surface area contributed by atoms with Gasteiger partial charge in [-0.15, -0.1) is 0 Å². The van der Waals surface area contributed by atoms with Gasteiger partial charge >= 0.3 is 0 Å². The highest BCUT2D eigenvalue weighted by atomic mass is 35.5. The second-order valence-corrected chi connectivity index (χ2v) is 8.58. The Morgan fingerprint density at radius 1 is 1.12 bits per heavy atom. The molecule has 1 aliphatic rings. The quantitative estimate of drug-likeness (QED) is 0.306. The first-order valence-electron chi connectivity index (χ1n) is 10.4. The third-order valence-corrected chi connectivity index (χ3v) is 6.06. The summed E-state index contributed by atoms with van der Waals surface area (Å²) in [5, 5.41) is 3.99. The highest BCUT2D eigenvalue weighted by Gasteiger charge is 2.15. The Labute approximate surface area is 196 Å². The summed E-state index contributed by atoms with van der Waals surface area (Å²) >= 11 is 7.73. The Bertz CT molecular complexity index is 1050. The third-order valence-electron chi connectivity index (χ3n) is 4.95. The molecule has 0 atom stereocenters. The molecule has 0 aliphatic carbocycles. The number of anilines is 1. The summed E-state index contributed by atoms with van der Waals surface area (Å²) in [7, 11) is 0. The van der Waals surface area contributed by atoms with Crippen molar-refractivity contribution in [2.45, 2.75) is 17.3 Å². The van der Waals surface area contributed by atoms with Crippen molar-refractivity contribution in [3.05, 3.63) is 76.7 Å². The fraction of sp³-hybridized carbons (Fsp3) is 0.304. The normalized spacial score (nSPS) is 13.7. The van der Waals surface area contributed by atoms with E-state index >= 15 is 0 Å². The number of hydrogen-bond acceptors (Lipinski definition) is 7. The van der Waals surface area contributed by atoms with Crippen LogP contribution in [0.25, 0.3) is 0 Å². The van der Waals surface area contributed by atoms with Crippen LogP contribution in [0.5, 0.6) is 0 Å². The van der Waals surface area contributed by atoms with Crippen molar-refractivity contribution in [2.75, 3.05) is 37.7 Å². The minimum atomic E-state index is -0.0959. The van der Waals surface area contributed by atoms with E-state index in [2.05, 4.69) is 25.2 Å². The van der Waals surface area contributed by atoms with Crippen LogP contribution in [-0.2, 0) is 16.9 Å². The lowest BCUT2D eigenvalue weighted by atomic mass is 10.1. The van der Waals surface area contributed by atoms with Gasteiger partial charge in [0.05, 0.1) is 13.2 Å². The number of ether oxygens (including phenoxy) is 1. The van der Waals surface area contributed by atoms with Gasteiger partial charge in [0.2, 0.25) is 0 Å². The van der Waals surface area contributed by atoms with Gasteiger partial charge in [-0.1, -0.05) is 41.6 Å². The molecule has 0 spiro atoms. The summed E-state index contributed by atoms with van der Waals surface area (Å²) in [5.74, 6) is 1.36. The van der Waals surface area contributed by atoms with Crippen LogP contribution < -0.4 is 10.2 Å². The van der Waals surface area contributed by atoms with E-state index in [0.29, 0.717) is 47.8 Å². The average molecular weight is 470 g/mol. The highest BCUT2D eigenvalue weighted by Crippen LogP contribution is 2.25. The molecule has 1 aromatic carbocycles. The first kappa shape index (κ1) is 22.5. The molecule has 0 bridgehead atoms. The average Bonchev–Trinajstić information content (AvgIpc) is 2.84. The number of nitrogens with one attached hydrogen (secondary N) is 1. The van der Waals surface area contributed by atoms with Gasteiger partial charge in [0, 0.05) is 55.3 Å². The number of thioether (sulfide) groups is 1. The van der Waals surface area contributed by atoms with Gasteiger partial charge in [-0.3, -0.25) is 9.78 Å². The number of rotatable bonds is 8. The summed E-state index contributed by atoms with van der Waals surface area (Å²) in [6, 6.07) is 15.2. The van der Waals surface area contributed by atoms with Crippen LogP contribution in [0.4, 0.5) is 5.82 Å². The molecule has 0 radical (unpaired) electrons. The maximum atomic E-state index is 12.5. The van der Waals surface area contributed by atoms with E-state index < -0.39 is 0 Å². The van der Waals surface area contributed by atoms with Crippen molar-refractivity contribution in [1.29, 1.82) is 0 Å². The van der Waals surface area contributed by atoms with Crippen molar-refractivity contribution < 1.29 is 9.53 Å². The summed E-state index contributed by atoms with van der Waals surface area (Å²) in [6.45, 7) is 3.47. The van der Waals surface area contributed by atoms with E-state index in [1.54, 1.807) is 12.3 Å². The third kappa shape index (κ3) is 6.41. The smallest absolute Gasteiger partial charge is 0.251 e. The molecular formula is C23H24ClN5O2S. The van der Waals surface area contributed by atoms with Crippen molar-refractivity contribution in [2.24, 2.45) is 0 Å². The van der Waals surface area contributed by atoms with E-state index in [1.165, 1.54) is 11.8 Å². The second kappa shape index (κ2) is 11.3. The number of aromatic nitrogens is 3. The minimum Gasteiger partial charge on any atom is -0.378 e. The lowest BCUT2D eigenvalue weighted by molar-refractivity contribution is 0.0954. The van der Waals surface area contributed by atoms with E-state index in [9.17, 15) is 4.79 Å². The number of carbonyl (C=O) groups excluding carboxylic acids is 1. The van der Waals surface area contributed by atoms with Gasteiger partial charge in [0.25, 0.3) is 5.91 Å². The number of pyridine rings is 1. The number of benzene rings is 1. The number of hydrogen-bond donors (Lipinski definition) is 1. The van der Waals surface area contributed by atoms with Crippen LogP contribution in [-0.4, -0.2) is 53.7 Å². The standard InChI is InChI=1S/C23H24ClN5O2S/c24-20-15-21(29-10-12-31-13-11-29)28-23(27-20)32-16-17-4-3-5-18(14-17)22(30)26-9-7-19-6-1-2-8-25-19/h1-6,8,14-15H,7,9-13,16H2,(H,26,30). The molecule has 2 aromatic heterocycles. The van der Waals surface area contributed by atoms with Gasteiger partial charge in [0.1, 0.15) is 11.0 Å². The van der Waals surface area contributed by atoms with E-state index in [-0.39, 0.29) is 5.91 Å². The van der Waals surface area contributed by atoms with E-state index in [0.717, 1.165) is 30.2 Å². The fourth-order valence-electron chi connectivity index (χ4n) is 3.31. The molecular weight excluding hydrogens is 446 g/mol. The first-order valence-corrected chi connectivity index (χ1v) is 11.8. The lowest BCUT2D eigenvalue weighted by Gasteiger charge is -2.27. The van der Waals surface area contributed by atoms with E-state index in [1.807, 2.05) is 42.5 Å². The number of nitrogens with zero attached hydrogens (tertiary/aromatic N) is 4. The molecule has 7 nitrogen and oxygen atoms in total. The summed E-state index contributed by atoms with van der Waals surface area (Å²) < 4.78 is 5.41. The summed E-state index contributed by atoms with van der Waals surface area (Å²) in [5.41, 5.74) is 2.60. The van der Waals surface area contributed by atoms with Gasteiger partial charge < -0.3 is 15.0 Å². The molecule has 1 N–H and O–H groups in total. The molecule has 1 amide bonds. The van der Waals surface area contributed by atoms with Crippen molar-refractivity contribution in [1.82, 2.24) is 20.3 Å². The zero-order valence-electron chi connectivity index (χ0n) is 17.5. The maximum absolute atomic E-state index is 12.5. The number of carbonyl (C=O) groups is 1. The SMILES string of the molecule is O=C(NCCc1ccccn1)c1cccc(CSc2nc(Cl)cc(N3CCOCC3)n2)c1. The minimum absolute atomic E-state index is 0.0959. The lowest BCUT2D eigenvalue weighted by Crippen LogP contribution is -2.36. The highest BCUT2D eigenvalue weighted by molar-refractivity contribution is 7.98. The number of halogens is 1. The summed E-state index contributed by atoms with van der Waals surface area (Å²) in [4.78, 5) is 27.9. The molecule has 1 saturated heterocycles. The van der Waals surface area contributed by atoms with Gasteiger partial charge in [-0.05, 0) is 29.8 Å². The van der Waals surface area contributed by atoms with Crippen LogP contribution in [0, 0.1) is 0 Å². The maximum Gasteiger partial charge on any atom is 0.251 e. The number of morpholine rings is 1. The molecule has 1 fully saturated rings. The van der Waals surface area contributed by atoms with Crippen molar-refractivity contribution in [3.8, 4) is 0 Å². The molecule has 3 aromatic rings. The van der Waals surface area contributed by atoms with Crippen LogP contribution in [0.15, 0.2) is 59.9 Å². The first-order chi connectivity index (χ1) is 15.7. The zero-order chi connectivity index (χ0) is 22.2. The Balaban J connectivity index is 1.33. The molecule has 166 valence electrons. The van der Waals surface area contributed by atoms with Crippen LogP contribution >= 0.6 is 23.4 Å². The molecule has 0 saturated carbocycles. The zero-order valence-corrected chi connectivity index (χ0v) is 19.1. The van der Waals surface area contributed by atoms with Crippen molar-refractivity contribution >= 4 is 35.1 Å². The Morgan fingerprint density at radius 2 is 2.00 bits per heavy atom.